The van der Waals surface area contributed by atoms with E-state index in [1.165, 1.54) is 80.8 Å². The number of anilines is 1. The van der Waals surface area contributed by atoms with Crippen LogP contribution in [0, 0.1) is 0 Å². The predicted octanol–water partition coefficient (Wildman–Crippen LogP) is 4.14. The zero-order chi connectivity index (χ0) is 21.2. The highest BCUT2D eigenvalue weighted by atomic mass is 79.9. The molecule has 3 nitrogen and oxygen atoms in total. The van der Waals surface area contributed by atoms with Crippen LogP contribution in [0.1, 0.15) is 76.7 Å². The van der Waals surface area contributed by atoms with Gasteiger partial charge in [0.2, 0.25) is 0 Å². The summed E-state index contributed by atoms with van der Waals surface area (Å²) in [5.74, 6) is 0.835. The molecule has 5 heteroatoms. The molecule has 1 heterocycles. The number of rotatable bonds is 13. The molecule has 3 rings (SSSR count). The third-order valence-electron chi connectivity index (χ3n) is 6.01. The lowest BCUT2D eigenvalue weighted by Gasteiger charge is -2.04. The minimum Gasteiger partial charge on any atom is -1.00 e. The molecule has 0 saturated carbocycles. The van der Waals surface area contributed by atoms with Crippen LogP contribution in [0.5, 0.6) is 0 Å². The summed E-state index contributed by atoms with van der Waals surface area (Å²) in [7, 11) is 0. The van der Waals surface area contributed by atoms with Crippen molar-refractivity contribution in [2.75, 3.05) is 5.73 Å². The molecule has 2 N–H and O–H groups in total. The lowest BCUT2D eigenvalue weighted by molar-refractivity contribution is -0.648. The van der Waals surface area contributed by atoms with E-state index in [9.17, 15) is 0 Å². The molecular formula is C26H37BrClN3. The highest BCUT2D eigenvalue weighted by Crippen LogP contribution is 2.19. The van der Waals surface area contributed by atoms with Crippen molar-refractivity contribution in [2.24, 2.45) is 0 Å². The second-order valence-electron chi connectivity index (χ2n) is 8.39. The number of nitrogens with zero attached hydrogens (tertiary/aromatic N) is 2. The highest BCUT2D eigenvalue weighted by Gasteiger charge is 2.20. The Hall–Kier alpha value is -1.52. The van der Waals surface area contributed by atoms with Gasteiger partial charge in [0.1, 0.15) is 11.0 Å². The minimum absolute atomic E-state index is 0. The summed E-state index contributed by atoms with van der Waals surface area (Å²) in [5.41, 5.74) is 10.2. The molecule has 0 spiro atoms. The Bertz CT molecular complexity index is 905. The molecule has 31 heavy (non-hydrogen) atoms. The summed E-state index contributed by atoms with van der Waals surface area (Å²) in [6.45, 7) is 4.02. The van der Waals surface area contributed by atoms with Crippen molar-refractivity contribution >= 4 is 28.6 Å². The smallest absolute Gasteiger partial charge is 0.356 e. The van der Waals surface area contributed by atoms with Gasteiger partial charge >= 0.3 is 5.95 Å². The number of nitrogen functional groups attached to an aromatic ring is 1. The van der Waals surface area contributed by atoms with Crippen molar-refractivity contribution in [2.45, 2.75) is 84.2 Å². The first kappa shape index (κ1) is 25.7. The SMILES string of the molecule is CCCCCCCCCCCCn1c(N)[n+](Cc2ccc(Cl)cc2)c2ccccc21.[Br-]. The van der Waals surface area contributed by atoms with E-state index in [1.54, 1.807) is 0 Å². The third kappa shape index (κ3) is 7.54. The van der Waals surface area contributed by atoms with Crippen molar-refractivity contribution in [3.8, 4) is 0 Å². The number of aryl methyl sites for hydroxylation is 1. The van der Waals surface area contributed by atoms with E-state index in [2.05, 4.69) is 52.5 Å². The van der Waals surface area contributed by atoms with Gasteiger partial charge in [-0.05, 0) is 36.2 Å². The topological polar surface area (TPSA) is 34.8 Å². The Kier molecular flexibility index (Phi) is 11.5. The van der Waals surface area contributed by atoms with Gasteiger partial charge in [-0.1, -0.05) is 101 Å². The van der Waals surface area contributed by atoms with Gasteiger partial charge in [-0.15, -0.1) is 0 Å². The summed E-state index contributed by atoms with van der Waals surface area (Å²) in [6, 6.07) is 16.6. The van der Waals surface area contributed by atoms with Crippen molar-refractivity contribution in [1.82, 2.24) is 4.57 Å². The second kappa shape index (κ2) is 13.8. The number of unbranched alkanes of at least 4 members (excludes halogenated alkanes) is 9. The monoisotopic (exact) mass is 505 g/mol. The molecule has 0 aliphatic heterocycles. The Balaban J connectivity index is 0.00000341. The van der Waals surface area contributed by atoms with Crippen LogP contribution in [0.25, 0.3) is 11.0 Å². The van der Waals surface area contributed by atoms with Gasteiger partial charge in [-0.25, -0.2) is 9.13 Å². The molecule has 0 radical (unpaired) electrons. The summed E-state index contributed by atoms with van der Waals surface area (Å²) in [6.07, 6.45) is 13.5. The number of aromatic nitrogens is 2. The first-order valence-corrected chi connectivity index (χ1v) is 12.1. The Morgan fingerprint density at radius 2 is 1.39 bits per heavy atom. The highest BCUT2D eigenvalue weighted by molar-refractivity contribution is 6.30. The fourth-order valence-electron chi connectivity index (χ4n) is 4.24. The summed E-state index contributed by atoms with van der Waals surface area (Å²) >= 11 is 6.04. The Morgan fingerprint density at radius 3 is 2.03 bits per heavy atom. The minimum atomic E-state index is 0. The number of para-hydroxylation sites is 2. The van der Waals surface area contributed by atoms with Gasteiger partial charge in [-0.3, -0.25) is 5.73 Å². The number of nitrogens with two attached hydrogens (primary N) is 1. The zero-order valence-electron chi connectivity index (χ0n) is 18.8. The van der Waals surface area contributed by atoms with E-state index in [0.717, 1.165) is 24.1 Å². The van der Waals surface area contributed by atoms with Crippen LogP contribution in [0.4, 0.5) is 5.95 Å². The fraction of sp³-hybridized carbons (Fsp3) is 0.500. The number of benzene rings is 2. The van der Waals surface area contributed by atoms with Crippen LogP contribution < -0.4 is 27.3 Å². The van der Waals surface area contributed by atoms with Gasteiger partial charge in [-0.2, -0.15) is 0 Å². The molecule has 0 aliphatic carbocycles. The molecule has 3 aromatic rings. The molecule has 0 bridgehead atoms. The van der Waals surface area contributed by atoms with E-state index in [1.807, 2.05) is 12.1 Å². The number of hydrogen-bond donors (Lipinski definition) is 1. The Labute approximate surface area is 203 Å². The average Bonchev–Trinajstić information content (AvgIpc) is 3.02. The van der Waals surface area contributed by atoms with Crippen molar-refractivity contribution in [3.63, 3.8) is 0 Å². The first-order valence-electron chi connectivity index (χ1n) is 11.7. The van der Waals surface area contributed by atoms with Gasteiger partial charge in [0.25, 0.3) is 0 Å². The molecule has 0 unspecified atom stereocenters. The molecule has 1 aromatic heterocycles. The van der Waals surface area contributed by atoms with Crippen LogP contribution in [0.3, 0.4) is 0 Å². The van der Waals surface area contributed by atoms with Crippen LogP contribution in [-0.2, 0) is 13.1 Å². The number of fused-ring (bicyclic) bond motifs is 1. The molecule has 2 aromatic carbocycles. The molecule has 0 saturated heterocycles. The maximum Gasteiger partial charge on any atom is 0.356 e. The lowest BCUT2D eigenvalue weighted by atomic mass is 10.1. The number of halogens is 2. The quantitative estimate of drug-likeness (QED) is 0.274. The van der Waals surface area contributed by atoms with Crippen LogP contribution in [0.2, 0.25) is 5.02 Å². The standard InChI is InChI=1S/C26H36ClN3.BrH/c1-2-3-4-5-6-7-8-9-10-13-20-29-24-14-11-12-15-25(24)30(26(29)28)21-22-16-18-23(27)19-17-22;/h11-12,14-19,28H,2-10,13,20-21H2,1H3;1H. The number of imidazole rings is 1. The molecule has 0 atom stereocenters. The van der Waals surface area contributed by atoms with Crippen LogP contribution in [-0.4, -0.2) is 4.57 Å². The number of hydrogen-bond acceptors (Lipinski definition) is 1. The van der Waals surface area contributed by atoms with Crippen LogP contribution >= 0.6 is 11.6 Å². The summed E-state index contributed by atoms with van der Waals surface area (Å²) < 4.78 is 4.50. The maximum atomic E-state index is 6.61. The van der Waals surface area contributed by atoms with Crippen molar-refractivity contribution in [3.05, 3.63) is 59.1 Å². The summed E-state index contributed by atoms with van der Waals surface area (Å²) in [5, 5.41) is 0.764. The van der Waals surface area contributed by atoms with Gasteiger partial charge in [0.05, 0.1) is 13.1 Å². The Morgan fingerprint density at radius 1 is 0.806 bits per heavy atom. The van der Waals surface area contributed by atoms with E-state index < -0.39 is 0 Å². The zero-order valence-corrected chi connectivity index (χ0v) is 21.2. The van der Waals surface area contributed by atoms with Gasteiger partial charge < -0.3 is 17.0 Å². The molecule has 0 aliphatic rings. The summed E-state index contributed by atoms with van der Waals surface area (Å²) in [4.78, 5) is 0. The van der Waals surface area contributed by atoms with Crippen molar-refractivity contribution in [1.29, 1.82) is 0 Å². The van der Waals surface area contributed by atoms with E-state index >= 15 is 0 Å². The normalized spacial score (nSPS) is 11.0. The average molecular weight is 507 g/mol. The van der Waals surface area contributed by atoms with Gasteiger partial charge in [0.15, 0.2) is 0 Å². The van der Waals surface area contributed by atoms with Crippen molar-refractivity contribution < 1.29 is 21.5 Å². The molecule has 0 fully saturated rings. The molecule has 170 valence electrons. The van der Waals surface area contributed by atoms with Crippen LogP contribution in [0.15, 0.2) is 48.5 Å². The van der Waals surface area contributed by atoms with E-state index in [0.29, 0.717) is 0 Å². The third-order valence-corrected chi connectivity index (χ3v) is 6.26. The van der Waals surface area contributed by atoms with Gasteiger partial charge in [0, 0.05) is 5.02 Å². The molecular weight excluding hydrogens is 470 g/mol. The largest absolute Gasteiger partial charge is 1.00 e. The van der Waals surface area contributed by atoms with E-state index in [4.69, 9.17) is 17.3 Å². The van der Waals surface area contributed by atoms with E-state index in [-0.39, 0.29) is 17.0 Å². The fourth-order valence-corrected chi connectivity index (χ4v) is 4.37. The first-order chi connectivity index (χ1) is 14.7. The predicted molar refractivity (Wildman–Crippen MR) is 129 cm³/mol. The maximum absolute atomic E-state index is 6.61. The lowest BCUT2D eigenvalue weighted by Crippen LogP contribution is -3.00. The molecule has 0 amide bonds. The second-order valence-corrected chi connectivity index (χ2v) is 8.83.